The third-order valence-corrected chi connectivity index (χ3v) is 3.40. The van der Waals surface area contributed by atoms with Crippen LogP contribution < -0.4 is 5.32 Å². The highest BCUT2D eigenvalue weighted by Crippen LogP contribution is 2.29. The summed E-state index contributed by atoms with van der Waals surface area (Å²) in [6.45, 7) is 7.68. The molecule has 1 N–H and O–H groups in total. The second-order valence-corrected chi connectivity index (χ2v) is 4.95. The number of likely N-dealkylation sites (N-methyl/N-ethyl adjacent to an activating group) is 2. The van der Waals surface area contributed by atoms with Crippen LogP contribution in [0.15, 0.2) is 30.3 Å². The van der Waals surface area contributed by atoms with Crippen LogP contribution in [0.4, 0.5) is 0 Å². The van der Waals surface area contributed by atoms with Crippen molar-refractivity contribution in [3.63, 3.8) is 0 Å². The van der Waals surface area contributed by atoms with Crippen molar-refractivity contribution in [2.75, 3.05) is 20.6 Å². The van der Waals surface area contributed by atoms with Gasteiger partial charge in [-0.3, -0.25) is 0 Å². The molecular formula is C14H24N2. The van der Waals surface area contributed by atoms with E-state index in [9.17, 15) is 0 Å². The van der Waals surface area contributed by atoms with Crippen LogP contribution >= 0.6 is 0 Å². The fourth-order valence-corrected chi connectivity index (χ4v) is 1.88. The van der Waals surface area contributed by atoms with Gasteiger partial charge in [-0.25, -0.2) is 0 Å². The summed E-state index contributed by atoms with van der Waals surface area (Å²) >= 11 is 0. The lowest BCUT2D eigenvalue weighted by Gasteiger charge is -2.41. The van der Waals surface area contributed by atoms with Gasteiger partial charge in [0.1, 0.15) is 0 Å². The van der Waals surface area contributed by atoms with E-state index >= 15 is 0 Å². The molecule has 1 unspecified atom stereocenters. The molecule has 1 atom stereocenters. The van der Waals surface area contributed by atoms with Crippen LogP contribution in [0.2, 0.25) is 0 Å². The maximum absolute atomic E-state index is 3.58. The predicted molar refractivity (Wildman–Crippen MR) is 70.6 cm³/mol. The van der Waals surface area contributed by atoms with E-state index in [2.05, 4.69) is 75.4 Å². The van der Waals surface area contributed by atoms with Crippen molar-refractivity contribution in [3.05, 3.63) is 35.9 Å². The van der Waals surface area contributed by atoms with E-state index in [-0.39, 0.29) is 5.54 Å². The summed E-state index contributed by atoms with van der Waals surface area (Å²) < 4.78 is 0. The fourth-order valence-electron chi connectivity index (χ4n) is 1.88. The summed E-state index contributed by atoms with van der Waals surface area (Å²) in [5.41, 5.74) is 1.44. The molecule has 1 rings (SSSR count). The molecule has 0 amide bonds. The van der Waals surface area contributed by atoms with Crippen molar-refractivity contribution < 1.29 is 0 Å². The first-order chi connectivity index (χ1) is 7.50. The van der Waals surface area contributed by atoms with Crippen molar-refractivity contribution in [1.82, 2.24) is 10.2 Å². The van der Waals surface area contributed by atoms with Crippen LogP contribution in [0.25, 0.3) is 0 Å². The Bertz CT molecular complexity index is 304. The molecule has 16 heavy (non-hydrogen) atoms. The maximum atomic E-state index is 3.58. The lowest BCUT2D eigenvalue weighted by Crippen LogP contribution is -2.49. The standard InChI is InChI=1S/C14H24N2/c1-6-15-13(14(2,3)16(4)5)12-10-8-7-9-11-12/h7-11,13,15H,6H2,1-5H3. The third-order valence-electron chi connectivity index (χ3n) is 3.40. The molecule has 2 heteroatoms. The largest absolute Gasteiger partial charge is 0.309 e. The predicted octanol–water partition coefficient (Wildman–Crippen LogP) is 2.68. The van der Waals surface area contributed by atoms with Gasteiger partial charge >= 0.3 is 0 Å². The van der Waals surface area contributed by atoms with Crippen molar-refractivity contribution in [2.24, 2.45) is 0 Å². The van der Waals surface area contributed by atoms with E-state index in [1.807, 2.05) is 0 Å². The molecule has 0 aromatic heterocycles. The van der Waals surface area contributed by atoms with Gasteiger partial charge in [0.05, 0.1) is 6.04 Å². The van der Waals surface area contributed by atoms with Gasteiger partial charge in [0.25, 0.3) is 0 Å². The van der Waals surface area contributed by atoms with Gasteiger partial charge < -0.3 is 10.2 Å². The average molecular weight is 220 g/mol. The van der Waals surface area contributed by atoms with Gasteiger partial charge in [0.2, 0.25) is 0 Å². The van der Waals surface area contributed by atoms with Crippen LogP contribution in [0, 0.1) is 0 Å². The lowest BCUT2D eigenvalue weighted by molar-refractivity contribution is 0.139. The monoisotopic (exact) mass is 220 g/mol. The second kappa shape index (κ2) is 5.46. The molecule has 0 radical (unpaired) electrons. The molecule has 0 spiro atoms. The first-order valence-corrected chi connectivity index (χ1v) is 5.96. The zero-order chi connectivity index (χ0) is 12.2. The number of hydrogen-bond donors (Lipinski definition) is 1. The number of benzene rings is 1. The second-order valence-electron chi connectivity index (χ2n) is 4.95. The summed E-state index contributed by atoms with van der Waals surface area (Å²) in [6.07, 6.45) is 0. The van der Waals surface area contributed by atoms with Gasteiger partial charge in [-0.2, -0.15) is 0 Å². The van der Waals surface area contributed by atoms with E-state index in [0.717, 1.165) is 6.54 Å². The van der Waals surface area contributed by atoms with E-state index < -0.39 is 0 Å². The molecule has 90 valence electrons. The Morgan fingerprint density at radius 1 is 1.19 bits per heavy atom. The van der Waals surface area contributed by atoms with Gasteiger partial charge in [0, 0.05) is 5.54 Å². The molecule has 1 aromatic rings. The Morgan fingerprint density at radius 3 is 2.19 bits per heavy atom. The Kier molecular flexibility index (Phi) is 4.51. The van der Waals surface area contributed by atoms with E-state index in [4.69, 9.17) is 0 Å². The SMILES string of the molecule is CCNC(c1ccccc1)C(C)(C)N(C)C. The highest BCUT2D eigenvalue weighted by Gasteiger charge is 2.31. The quantitative estimate of drug-likeness (QED) is 0.820. The molecule has 0 bridgehead atoms. The number of rotatable bonds is 5. The molecule has 2 nitrogen and oxygen atoms in total. The average Bonchev–Trinajstić information content (AvgIpc) is 2.26. The van der Waals surface area contributed by atoms with Crippen LogP contribution in [-0.2, 0) is 0 Å². The molecule has 0 heterocycles. The normalized spacial score (nSPS) is 14.1. The minimum atomic E-state index is 0.0946. The fraction of sp³-hybridized carbons (Fsp3) is 0.571. The van der Waals surface area contributed by atoms with Crippen molar-refractivity contribution in [2.45, 2.75) is 32.4 Å². The zero-order valence-corrected chi connectivity index (χ0v) is 11.1. The van der Waals surface area contributed by atoms with Crippen molar-refractivity contribution in [3.8, 4) is 0 Å². The number of hydrogen-bond acceptors (Lipinski definition) is 2. The highest BCUT2D eigenvalue weighted by molar-refractivity contribution is 5.22. The number of nitrogens with one attached hydrogen (secondary N) is 1. The van der Waals surface area contributed by atoms with Gasteiger partial charge in [-0.15, -0.1) is 0 Å². The lowest BCUT2D eigenvalue weighted by atomic mass is 9.87. The molecule has 1 aromatic carbocycles. The first-order valence-electron chi connectivity index (χ1n) is 5.96. The Balaban J connectivity index is 3.00. The first kappa shape index (κ1) is 13.2. The van der Waals surface area contributed by atoms with Crippen molar-refractivity contribution in [1.29, 1.82) is 0 Å². The summed E-state index contributed by atoms with van der Waals surface area (Å²) in [5.74, 6) is 0. The Morgan fingerprint density at radius 2 is 1.75 bits per heavy atom. The molecule has 0 aliphatic heterocycles. The van der Waals surface area contributed by atoms with Crippen molar-refractivity contribution >= 4 is 0 Å². The van der Waals surface area contributed by atoms with Gasteiger partial charge in [-0.05, 0) is 40.1 Å². The molecule has 0 fully saturated rings. The summed E-state index contributed by atoms with van der Waals surface area (Å²) in [7, 11) is 4.26. The molecule has 0 aliphatic carbocycles. The van der Waals surface area contributed by atoms with Crippen LogP contribution in [0.1, 0.15) is 32.4 Å². The smallest absolute Gasteiger partial charge is 0.0501 e. The maximum Gasteiger partial charge on any atom is 0.0501 e. The third kappa shape index (κ3) is 2.83. The summed E-state index contributed by atoms with van der Waals surface area (Å²) in [5, 5.41) is 3.58. The van der Waals surface area contributed by atoms with E-state index in [0.29, 0.717) is 6.04 Å². The van der Waals surface area contributed by atoms with Gasteiger partial charge in [0.15, 0.2) is 0 Å². The Hall–Kier alpha value is -0.860. The zero-order valence-electron chi connectivity index (χ0n) is 11.1. The molecular weight excluding hydrogens is 196 g/mol. The van der Waals surface area contributed by atoms with Gasteiger partial charge in [-0.1, -0.05) is 37.3 Å². The topological polar surface area (TPSA) is 15.3 Å². The number of nitrogens with zero attached hydrogens (tertiary/aromatic N) is 1. The summed E-state index contributed by atoms with van der Waals surface area (Å²) in [6, 6.07) is 11.0. The molecule has 0 saturated carbocycles. The van der Waals surface area contributed by atoms with Crippen LogP contribution in [0.3, 0.4) is 0 Å². The highest BCUT2D eigenvalue weighted by atomic mass is 15.2. The molecule has 0 saturated heterocycles. The molecule has 0 aliphatic rings. The van der Waals surface area contributed by atoms with Crippen LogP contribution in [-0.4, -0.2) is 31.1 Å². The minimum Gasteiger partial charge on any atom is -0.309 e. The van der Waals surface area contributed by atoms with Crippen LogP contribution in [0.5, 0.6) is 0 Å². The summed E-state index contributed by atoms with van der Waals surface area (Å²) in [4.78, 5) is 2.27. The Labute approximate surface area is 99.7 Å². The van der Waals surface area contributed by atoms with E-state index in [1.54, 1.807) is 0 Å². The minimum absolute atomic E-state index is 0.0946. The van der Waals surface area contributed by atoms with E-state index in [1.165, 1.54) is 5.56 Å².